The SMILES string of the molecule is CCCNC(=NC)NCCc1ccc(Cl)cc1Cl.I. The zero-order valence-electron chi connectivity index (χ0n) is 11.2. The molecule has 0 aliphatic rings. The molecule has 0 atom stereocenters. The van der Waals surface area contributed by atoms with E-state index < -0.39 is 0 Å². The fourth-order valence-corrected chi connectivity index (χ4v) is 2.01. The fourth-order valence-electron chi connectivity index (χ4n) is 1.50. The first-order chi connectivity index (χ1) is 8.67. The summed E-state index contributed by atoms with van der Waals surface area (Å²) >= 11 is 12.0. The molecule has 0 bridgehead atoms. The number of nitrogens with zero attached hydrogens (tertiary/aromatic N) is 1. The predicted octanol–water partition coefficient (Wildman–Crippen LogP) is 3.73. The van der Waals surface area contributed by atoms with E-state index in [2.05, 4.69) is 22.5 Å². The van der Waals surface area contributed by atoms with Crippen LogP contribution in [0.25, 0.3) is 0 Å². The molecular weight excluding hydrogens is 396 g/mol. The topological polar surface area (TPSA) is 36.4 Å². The maximum Gasteiger partial charge on any atom is 0.190 e. The van der Waals surface area contributed by atoms with Crippen LogP contribution in [0.1, 0.15) is 18.9 Å². The van der Waals surface area contributed by atoms with Crippen molar-refractivity contribution in [3.8, 4) is 0 Å². The molecule has 0 spiro atoms. The van der Waals surface area contributed by atoms with Gasteiger partial charge in [0.05, 0.1) is 0 Å². The highest BCUT2D eigenvalue weighted by Gasteiger charge is 2.02. The van der Waals surface area contributed by atoms with E-state index in [0.29, 0.717) is 10.0 Å². The van der Waals surface area contributed by atoms with Gasteiger partial charge in [0, 0.05) is 30.2 Å². The normalized spacial score (nSPS) is 10.8. The van der Waals surface area contributed by atoms with Crippen LogP contribution < -0.4 is 10.6 Å². The molecule has 1 aromatic carbocycles. The predicted molar refractivity (Wildman–Crippen MR) is 95.2 cm³/mol. The molecule has 0 saturated heterocycles. The van der Waals surface area contributed by atoms with Gasteiger partial charge in [0.2, 0.25) is 0 Å². The zero-order valence-corrected chi connectivity index (χ0v) is 15.0. The second-order valence-corrected chi connectivity index (χ2v) is 4.76. The van der Waals surface area contributed by atoms with Gasteiger partial charge in [-0.1, -0.05) is 36.2 Å². The Hall–Kier alpha value is -0.200. The van der Waals surface area contributed by atoms with Gasteiger partial charge < -0.3 is 10.6 Å². The Morgan fingerprint density at radius 1 is 1.21 bits per heavy atom. The lowest BCUT2D eigenvalue weighted by molar-refractivity contribution is 0.773. The molecule has 0 unspecified atom stereocenters. The molecule has 0 aromatic heterocycles. The first-order valence-electron chi connectivity index (χ1n) is 6.05. The van der Waals surface area contributed by atoms with Crippen LogP contribution in [0.2, 0.25) is 10.0 Å². The van der Waals surface area contributed by atoms with Crippen molar-refractivity contribution in [2.24, 2.45) is 4.99 Å². The van der Waals surface area contributed by atoms with E-state index >= 15 is 0 Å². The molecule has 1 aromatic rings. The van der Waals surface area contributed by atoms with Crippen molar-refractivity contribution in [3.05, 3.63) is 33.8 Å². The van der Waals surface area contributed by atoms with Gasteiger partial charge in [-0.05, 0) is 30.5 Å². The van der Waals surface area contributed by atoms with Crippen molar-refractivity contribution in [2.45, 2.75) is 19.8 Å². The number of hydrogen-bond donors (Lipinski definition) is 2. The number of guanidine groups is 1. The van der Waals surface area contributed by atoms with Crippen molar-refractivity contribution >= 4 is 53.1 Å². The summed E-state index contributed by atoms with van der Waals surface area (Å²) in [5.41, 5.74) is 1.08. The smallest absolute Gasteiger partial charge is 0.190 e. The lowest BCUT2D eigenvalue weighted by Crippen LogP contribution is -2.38. The lowest BCUT2D eigenvalue weighted by Gasteiger charge is -2.11. The van der Waals surface area contributed by atoms with Crippen molar-refractivity contribution < 1.29 is 0 Å². The molecule has 19 heavy (non-hydrogen) atoms. The Morgan fingerprint density at radius 2 is 1.89 bits per heavy atom. The van der Waals surface area contributed by atoms with Gasteiger partial charge in [0.15, 0.2) is 5.96 Å². The summed E-state index contributed by atoms with van der Waals surface area (Å²) in [6, 6.07) is 5.57. The van der Waals surface area contributed by atoms with Gasteiger partial charge in [0.25, 0.3) is 0 Å². The van der Waals surface area contributed by atoms with E-state index in [9.17, 15) is 0 Å². The van der Waals surface area contributed by atoms with Crippen molar-refractivity contribution in [1.82, 2.24) is 10.6 Å². The van der Waals surface area contributed by atoms with Gasteiger partial charge in [-0.15, -0.1) is 24.0 Å². The van der Waals surface area contributed by atoms with E-state index in [1.807, 2.05) is 12.1 Å². The van der Waals surface area contributed by atoms with Gasteiger partial charge >= 0.3 is 0 Å². The molecule has 2 N–H and O–H groups in total. The summed E-state index contributed by atoms with van der Waals surface area (Å²) in [6.45, 7) is 3.82. The largest absolute Gasteiger partial charge is 0.356 e. The maximum absolute atomic E-state index is 6.10. The number of halogens is 3. The highest BCUT2D eigenvalue weighted by Crippen LogP contribution is 2.20. The second kappa shape index (κ2) is 10.6. The van der Waals surface area contributed by atoms with Crippen LogP contribution in [0.3, 0.4) is 0 Å². The van der Waals surface area contributed by atoms with Crippen LogP contribution >= 0.6 is 47.2 Å². The van der Waals surface area contributed by atoms with Crippen LogP contribution in [0.15, 0.2) is 23.2 Å². The summed E-state index contributed by atoms with van der Waals surface area (Å²) in [5, 5.41) is 7.83. The molecule has 6 heteroatoms. The van der Waals surface area contributed by atoms with Crippen molar-refractivity contribution in [1.29, 1.82) is 0 Å². The number of benzene rings is 1. The van der Waals surface area contributed by atoms with Crippen molar-refractivity contribution in [2.75, 3.05) is 20.1 Å². The van der Waals surface area contributed by atoms with Crippen LogP contribution in [0.5, 0.6) is 0 Å². The minimum absolute atomic E-state index is 0. The first kappa shape index (κ1) is 18.8. The number of rotatable bonds is 5. The third-order valence-electron chi connectivity index (χ3n) is 2.47. The van der Waals surface area contributed by atoms with Crippen LogP contribution in [-0.2, 0) is 6.42 Å². The van der Waals surface area contributed by atoms with E-state index in [0.717, 1.165) is 37.5 Å². The Labute approximate surface area is 142 Å². The highest BCUT2D eigenvalue weighted by molar-refractivity contribution is 14.0. The van der Waals surface area contributed by atoms with Crippen molar-refractivity contribution in [3.63, 3.8) is 0 Å². The standard InChI is InChI=1S/C13H19Cl2N3.HI/c1-3-7-17-13(16-2)18-8-6-10-4-5-11(14)9-12(10)15;/h4-5,9H,3,6-8H2,1-2H3,(H2,16,17,18);1H. The quantitative estimate of drug-likeness (QED) is 0.436. The van der Waals surface area contributed by atoms with Crippen LogP contribution in [0, 0.1) is 0 Å². The van der Waals surface area contributed by atoms with E-state index in [4.69, 9.17) is 23.2 Å². The Morgan fingerprint density at radius 3 is 2.47 bits per heavy atom. The molecule has 108 valence electrons. The Kier molecular flexibility index (Phi) is 10.5. The Bertz CT molecular complexity index is 411. The van der Waals surface area contributed by atoms with Gasteiger partial charge in [-0.2, -0.15) is 0 Å². The summed E-state index contributed by atoms with van der Waals surface area (Å²) in [6.07, 6.45) is 1.91. The first-order valence-corrected chi connectivity index (χ1v) is 6.81. The monoisotopic (exact) mass is 415 g/mol. The summed E-state index contributed by atoms with van der Waals surface area (Å²) in [7, 11) is 1.76. The van der Waals surface area contributed by atoms with Gasteiger partial charge in [0.1, 0.15) is 0 Å². The maximum atomic E-state index is 6.10. The fraction of sp³-hybridized carbons (Fsp3) is 0.462. The molecular formula is C13H20Cl2IN3. The third-order valence-corrected chi connectivity index (χ3v) is 3.05. The molecule has 0 aliphatic heterocycles. The van der Waals surface area contributed by atoms with E-state index in [1.54, 1.807) is 13.1 Å². The Balaban J connectivity index is 0.00000324. The number of nitrogens with one attached hydrogen (secondary N) is 2. The van der Waals surface area contributed by atoms with Gasteiger partial charge in [-0.3, -0.25) is 4.99 Å². The molecule has 0 amide bonds. The number of aliphatic imine (C=N–C) groups is 1. The zero-order chi connectivity index (χ0) is 13.4. The molecule has 0 saturated carbocycles. The summed E-state index contributed by atoms with van der Waals surface area (Å²) in [4.78, 5) is 4.13. The summed E-state index contributed by atoms with van der Waals surface area (Å²) < 4.78 is 0. The van der Waals surface area contributed by atoms with Crippen LogP contribution in [0.4, 0.5) is 0 Å². The molecule has 0 heterocycles. The minimum Gasteiger partial charge on any atom is -0.356 e. The molecule has 0 radical (unpaired) electrons. The third kappa shape index (κ3) is 7.22. The second-order valence-electron chi connectivity index (χ2n) is 3.91. The summed E-state index contributed by atoms with van der Waals surface area (Å²) in [5.74, 6) is 0.821. The van der Waals surface area contributed by atoms with E-state index in [-0.39, 0.29) is 24.0 Å². The van der Waals surface area contributed by atoms with E-state index in [1.165, 1.54) is 0 Å². The van der Waals surface area contributed by atoms with Gasteiger partial charge in [-0.25, -0.2) is 0 Å². The average molecular weight is 416 g/mol. The molecule has 0 fully saturated rings. The lowest BCUT2D eigenvalue weighted by atomic mass is 10.1. The number of hydrogen-bond acceptors (Lipinski definition) is 1. The average Bonchev–Trinajstić information content (AvgIpc) is 2.36. The highest BCUT2D eigenvalue weighted by atomic mass is 127. The minimum atomic E-state index is 0. The molecule has 1 rings (SSSR count). The van der Waals surface area contributed by atoms with Crippen LogP contribution in [-0.4, -0.2) is 26.1 Å². The molecule has 3 nitrogen and oxygen atoms in total. The molecule has 0 aliphatic carbocycles.